The zero-order valence-electron chi connectivity index (χ0n) is 9.82. The van der Waals surface area contributed by atoms with Crippen molar-refractivity contribution >= 4 is 0 Å². The lowest BCUT2D eigenvalue weighted by molar-refractivity contribution is 0.0676. The van der Waals surface area contributed by atoms with Crippen LogP contribution in [0.4, 0.5) is 0 Å². The number of nitrogens with zero attached hydrogens (tertiary/aromatic N) is 2. The van der Waals surface area contributed by atoms with E-state index in [0.29, 0.717) is 13.2 Å². The molecule has 0 saturated heterocycles. The van der Waals surface area contributed by atoms with Crippen LogP contribution in [0.15, 0.2) is 6.07 Å². The Balaban J connectivity index is 2.12. The van der Waals surface area contributed by atoms with E-state index >= 15 is 0 Å². The molecule has 1 heterocycles. The second kappa shape index (κ2) is 6.58. The molecule has 0 amide bonds. The normalized spacial score (nSPS) is 10.9. The second-order valence-electron chi connectivity index (χ2n) is 3.61. The average molecular weight is 212 g/mol. The zero-order chi connectivity index (χ0) is 11.1. The summed E-state index contributed by atoms with van der Waals surface area (Å²) >= 11 is 0. The van der Waals surface area contributed by atoms with Crippen molar-refractivity contribution in [2.24, 2.45) is 0 Å². The number of hydrogen-bond donors (Lipinski definition) is 0. The van der Waals surface area contributed by atoms with E-state index in [1.54, 1.807) is 7.11 Å². The van der Waals surface area contributed by atoms with Crippen LogP contribution in [0.25, 0.3) is 0 Å². The third-order valence-corrected chi connectivity index (χ3v) is 2.19. The summed E-state index contributed by atoms with van der Waals surface area (Å²) in [6.45, 7) is 7.12. The molecule has 0 fully saturated rings. The highest BCUT2D eigenvalue weighted by atomic mass is 16.5. The summed E-state index contributed by atoms with van der Waals surface area (Å²) < 4.78 is 12.3. The molecule has 0 radical (unpaired) electrons. The Morgan fingerprint density at radius 3 is 2.67 bits per heavy atom. The molecule has 15 heavy (non-hydrogen) atoms. The van der Waals surface area contributed by atoms with E-state index < -0.39 is 0 Å². The van der Waals surface area contributed by atoms with Gasteiger partial charge < -0.3 is 9.47 Å². The summed E-state index contributed by atoms with van der Waals surface area (Å²) in [6, 6.07) is 2.09. The maximum atomic E-state index is 5.38. The van der Waals surface area contributed by atoms with E-state index in [0.717, 1.165) is 25.3 Å². The van der Waals surface area contributed by atoms with Crippen molar-refractivity contribution in [1.82, 2.24) is 9.78 Å². The molecule has 1 rings (SSSR count). The van der Waals surface area contributed by atoms with E-state index in [4.69, 9.17) is 9.47 Å². The molecule has 1 aromatic heterocycles. The Kier molecular flexibility index (Phi) is 5.36. The molecule has 0 spiro atoms. The van der Waals surface area contributed by atoms with Gasteiger partial charge in [-0.15, -0.1) is 0 Å². The highest BCUT2D eigenvalue weighted by molar-refractivity contribution is 5.06. The molecule has 86 valence electrons. The molecule has 4 heteroatoms. The van der Waals surface area contributed by atoms with Gasteiger partial charge in [0, 0.05) is 26.0 Å². The number of ether oxygens (including phenoxy) is 2. The van der Waals surface area contributed by atoms with Gasteiger partial charge in [0.1, 0.15) is 0 Å². The van der Waals surface area contributed by atoms with Crippen molar-refractivity contribution in [2.45, 2.75) is 26.8 Å². The monoisotopic (exact) mass is 212 g/mol. The number of hydrogen-bond acceptors (Lipinski definition) is 3. The molecule has 0 aromatic carbocycles. The van der Waals surface area contributed by atoms with Crippen LogP contribution in [0.2, 0.25) is 0 Å². The topological polar surface area (TPSA) is 36.3 Å². The Morgan fingerprint density at radius 1 is 1.27 bits per heavy atom. The Morgan fingerprint density at radius 2 is 2.07 bits per heavy atom. The van der Waals surface area contributed by atoms with Crippen molar-refractivity contribution in [2.75, 3.05) is 26.9 Å². The van der Waals surface area contributed by atoms with Gasteiger partial charge in [0.15, 0.2) is 0 Å². The average Bonchev–Trinajstić information content (AvgIpc) is 2.51. The maximum absolute atomic E-state index is 5.38. The summed E-state index contributed by atoms with van der Waals surface area (Å²) in [5.74, 6) is 0. The second-order valence-corrected chi connectivity index (χ2v) is 3.61. The molecule has 1 aromatic rings. The van der Waals surface area contributed by atoms with Gasteiger partial charge in [-0.1, -0.05) is 0 Å². The molecule has 0 unspecified atom stereocenters. The van der Waals surface area contributed by atoms with E-state index in [1.807, 2.05) is 11.6 Å². The van der Waals surface area contributed by atoms with Crippen LogP contribution in [0.3, 0.4) is 0 Å². The van der Waals surface area contributed by atoms with Gasteiger partial charge >= 0.3 is 0 Å². The van der Waals surface area contributed by atoms with Gasteiger partial charge in [-0.25, -0.2) is 0 Å². The molecule has 0 N–H and O–H groups in total. The molecule has 4 nitrogen and oxygen atoms in total. The Hall–Kier alpha value is -0.870. The molecular formula is C11H20N2O2. The van der Waals surface area contributed by atoms with E-state index in [2.05, 4.69) is 18.1 Å². The quantitative estimate of drug-likeness (QED) is 0.643. The van der Waals surface area contributed by atoms with Crippen molar-refractivity contribution in [3.8, 4) is 0 Å². The van der Waals surface area contributed by atoms with Crippen LogP contribution >= 0.6 is 0 Å². The predicted molar refractivity (Wildman–Crippen MR) is 59.0 cm³/mol. The first-order valence-electron chi connectivity index (χ1n) is 5.32. The van der Waals surface area contributed by atoms with Gasteiger partial charge in [0.05, 0.1) is 18.9 Å². The molecular weight excluding hydrogens is 192 g/mol. The number of methoxy groups -OCH3 is 1. The lowest BCUT2D eigenvalue weighted by Crippen LogP contribution is -2.08. The molecule has 0 aliphatic carbocycles. The minimum absolute atomic E-state index is 0.667. The molecule has 0 atom stereocenters. The lowest BCUT2D eigenvalue weighted by atomic mass is 10.4. The summed E-state index contributed by atoms with van der Waals surface area (Å²) in [5, 5.41) is 4.38. The first kappa shape index (κ1) is 12.2. The Labute approximate surface area is 91.2 Å². The van der Waals surface area contributed by atoms with Gasteiger partial charge in [-0.05, 0) is 26.3 Å². The summed E-state index contributed by atoms with van der Waals surface area (Å²) in [7, 11) is 1.68. The first-order chi connectivity index (χ1) is 7.24. The van der Waals surface area contributed by atoms with Crippen LogP contribution in [0.1, 0.15) is 17.8 Å². The van der Waals surface area contributed by atoms with Gasteiger partial charge in [-0.2, -0.15) is 5.10 Å². The Bertz CT molecular complexity index is 284. The van der Waals surface area contributed by atoms with E-state index in [9.17, 15) is 0 Å². The summed E-state index contributed by atoms with van der Waals surface area (Å²) in [6.07, 6.45) is 0.992. The minimum Gasteiger partial charge on any atom is -0.382 e. The zero-order valence-corrected chi connectivity index (χ0v) is 9.82. The number of aryl methyl sites for hydroxylation is 3. The van der Waals surface area contributed by atoms with Crippen molar-refractivity contribution in [3.63, 3.8) is 0 Å². The third-order valence-electron chi connectivity index (χ3n) is 2.19. The molecule has 0 aliphatic heterocycles. The standard InChI is InChI=1S/C11H20N2O2/c1-10-9-11(2)13(12-10)5-4-6-15-8-7-14-3/h9H,4-8H2,1-3H3. The van der Waals surface area contributed by atoms with Crippen molar-refractivity contribution in [3.05, 3.63) is 17.5 Å². The van der Waals surface area contributed by atoms with E-state index in [-0.39, 0.29) is 0 Å². The maximum Gasteiger partial charge on any atom is 0.0700 e. The molecule has 0 bridgehead atoms. The fraction of sp³-hybridized carbons (Fsp3) is 0.727. The van der Waals surface area contributed by atoms with Crippen LogP contribution in [0, 0.1) is 13.8 Å². The van der Waals surface area contributed by atoms with Crippen LogP contribution in [0.5, 0.6) is 0 Å². The van der Waals surface area contributed by atoms with Crippen LogP contribution < -0.4 is 0 Å². The van der Waals surface area contributed by atoms with E-state index in [1.165, 1.54) is 5.69 Å². The minimum atomic E-state index is 0.667. The van der Waals surface area contributed by atoms with Gasteiger partial charge in [0.2, 0.25) is 0 Å². The third kappa shape index (κ3) is 4.44. The van der Waals surface area contributed by atoms with Gasteiger partial charge in [0.25, 0.3) is 0 Å². The first-order valence-corrected chi connectivity index (χ1v) is 5.32. The fourth-order valence-electron chi connectivity index (χ4n) is 1.46. The van der Waals surface area contributed by atoms with Crippen molar-refractivity contribution < 1.29 is 9.47 Å². The van der Waals surface area contributed by atoms with Crippen molar-refractivity contribution in [1.29, 1.82) is 0 Å². The van der Waals surface area contributed by atoms with Crippen LogP contribution in [-0.4, -0.2) is 36.7 Å². The number of rotatable bonds is 7. The highest BCUT2D eigenvalue weighted by Crippen LogP contribution is 2.02. The smallest absolute Gasteiger partial charge is 0.0700 e. The SMILES string of the molecule is COCCOCCCn1nc(C)cc1C. The van der Waals surface area contributed by atoms with Crippen LogP contribution in [-0.2, 0) is 16.0 Å². The largest absolute Gasteiger partial charge is 0.382 e. The molecule has 0 aliphatic rings. The highest BCUT2D eigenvalue weighted by Gasteiger charge is 1.99. The summed E-state index contributed by atoms with van der Waals surface area (Å²) in [5.41, 5.74) is 2.29. The summed E-state index contributed by atoms with van der Waals surface area (Å²) in [4.78, 5) is 0. The lowest BCUT2D eigenvalue weighted by Gasteiger charge is -2.05. The predicted octanol–water partition coefficient (Wildman–Crippen LogP) is 1.55. The fourth-order valence-corrected chi connectivity index (χ4v) is 1.46. The van der Waals surface area contributed by atoms with Gasteiger partial charge in [-0.3, -0.25) is 4.68 Å². The number of aromatic nitrogens is 2. The molecule has 0 saturated carbocycles.